The van der Waals surface area contributed by atoms with Gasteiger partial charge in [-0.2, -0.15) is 19.4 Å². The molecule has 15 heteroatoms. The summed E-state index contributed by atoms with van der Waals surface area (Å²) in [7, 11) is -4.37. The van der Waals surface area contributed by atoms with E-state index in [0.29, 0.717) is 0 Å². The van der Waals surface area contributed by atoms with Gasteiger partial charge in [0.1, 0.15) is 23.6 Å². The van der Waals surface area contributed by atoms with Gasteiger partial charge in [-0.3, -0.25) is 13.9 Å². The third kappa shape index (κ3) is 14.6. The van der Waals surface area contributed by atoms with Crippen LogP contribution in [0.4, 0.5) is 10.2 Å². The van der Waals surface area contributed by atoms with Crippen molar-refractivity contribution in [3.8, 4) is 5.75 Å². The van der Waals surface area contributed by atoms with Gasteiger partial charge in [0, 0.05) is 6.42 Å². The number of para-hydroxylation sites is 1. The number of unbranched alkanes of at least 4 members (excludes halogenated alkanes) is 15. The molecule has 2 aromatic heterocycles. The first-order chi connectivity index (χ1) is 28.6. The molecular formula is C44H64FN6O7P. The van der Waals surface area contributed by atoms with Crippen molar-refractivity contribution >= 4 is 30.7 Å². The zero-order valence-corrected chi connectivity index (χ0v) is 35.7. The Labute approximate surface area is 348 Å². The Kier molecular flexibility index (Phi) is 18.6. The molecule has 1 aliphatic rings. The molecule has 59 heavy (non-hydrogen) atoms. The van der Waals surface area contributed by atoms with Crippen LogP contribution in [0, 0.1) is 6.08 Å². The molecule has 324 valence electrons. The van der Waals surface area contributed by atoms with Crippen LogP contribution in [0.1, 0.15) is 135 Å². The van der Waals surface area contributed by atoms with E-state index in [4.69, 9.17) is 24.3 Å². The zero-order valence-electron chi connectivity index (χ0n) is 34.8. The number of benzene rings is 2. The number of carbonyl (C=O) groups is 1. The maximum absolute atomic E-state index is 14.7. The van der Waals surface area contributed by atoms with Gasteiger partial charge in [0.25, 0.3) is 0 Å². The lowest BCUT2D eigenvalue weighted by molar-refractivity contribution is -0.146. The topological polar surface area (TPSA) is 173 Å². The van der Waals surface area contributed by atoms with Gasteiger partial charge in [-0.05, 0) is 37.5 Å². The highest BCUT2D eigenvalue weighted by molar-refractivity contribution is 7.52. The molecule has 5 rings (SSSR count). The third-order valence-electron chi connectivity index (χ3n) is 10.9. The number of nitrogens with two attached hydrogens (primary N) is 1. The Morgan fingerprint density at radius 3 is 2.12 bits per heavy atom. The molecule has 0 saturated carbocycles. The van der Waals surface area contributed by atoms with Crippen LogP contribution in [0.3, 0.4) is 0 Å². The number of imidazole rings is 1. The first-order valence-electron chi connectivity index (χ1n) is 21.6. The normalized spacial score (nSPS) is 19.5. The van der Waals surface area contributed by atoms with Crippen molar-refractivity contribution in [2.24, 2.45) is 0 Å². The van der Waals surface area contributed by atoms with Gasteiger partial charge < -0.3 is 24.8 Å². The largest absolute Gasteiger partial charge is 0.465 e. The molecule has 3 heterocycles. The van der Waals surface area contributed by atoms with Crippen molar-refractivity contribution in [1.82, 2.24) is 24.6 Å². The van der Waals surface area contributed by atoms with Crippen molar-refractivity contribution in [3.63, 3.8) is 0 Å². The van der Waals surface area contributed by atoms with Gasteiger partial charge in [-0.25, -0.2) is 9.55 Å². The third-order valence-corrected chi connectivity index (χ3v) is 12.4. The molecular weight excluding hydrogens is 774 g/mol. The number of esters is 1. The minimum atomic E-state index is -4.37. The van der Waals surface area contributed by atoms with Crippen LogP contribution in [0.2, 0.25) is 0 Å². The summed E-state index contributed by atoms with van der Waals surface area (Å²) in [6.07, 6.45) is 18.5. The van der Waals surface area contributed by atoms with E-state index in [0.717, 1.165) is 24.8 Å². The number of hydrogen-bond acceptors (Lipinski definition) is 11. The highest BCUT2D eigenvalue weighted by Gasteiger charge is 2.48. The summed E-state index contributed by atoms with van der Waals surface area (Å²) in [5, 5.41) is 14.1. The van der Waals surface area contributed by atoms with E-state index in [-0.39, 0.29) is 42.2 Å². The number of rotatable bonds is 28. The quantitative estimate of drug-likeness (QED) is 0.0214. The molecule has 4 N–H and O–H groups in total. The Morgan fingerprint density at radius 1 is 0.932 bits per heavy atom. The van der Waals surface area contributed by atoms with Gasteiger partial charge in [-0.1, -0.05) is 152 Å². The number of carbonyl (C=O) groups excluding carboxylic acids is 1. The maximum Gasteiger partial charge on any atom is 0.459 e. The number of nitrogens with one attached hydrogen (secondary N) is 1. The van der Waals surface area contributed by atoms with E-state index in [1.54, 1.807) is 37.3 Å². The second-order valence-electron chi connectivity index (χ2n) is 15.9. The second kappa shape index (κ2) is 23.7. The molecule has 2 aromatic carbocycles. The van der Waals surface area contributed by atoms with Crippen molar-refractivity contribution in [2.45, 2.75) is 153 Å². The summed E-state index contributed by atoms with van der Waals surface area (Å²) >= 11 is 0. The molecule has 0 radical (unpaired) electrons. The van der Waals surface area contributed by atoms with E-state index < -0.39 is 50.4 Å². The fourth-order valence-electron chi connectivity index (χ4n) is 7.37. The minimum Gasteiger partial charge on any atom is -0.465 e. The Balaban J connectivity index is 1.14. The van der Waals surface area contributed by atoms with E-state index in [9.17, 15) is 18.9 Å². The highest BCUT2D eigenvalue weighted by Crippen LogP contribution is 2.48. The molecule has 0 aliphatic carbocycles. The standard InChI is InChI=1S/C44H64FN6O7P/c1-3-4-5-6-7-8-9-10-11-12-13-14-15-16-17-24-29-55-42(53)36(30-34-25-20-18-21-26-34)50-59(54,58-35-27-22-19-23-28-35)56-32-44(2)37(52)31-38(57-44)51-33-47-39-40(46)48-43(45)49-41(39)51/h18-23,25-28,33,36-38,52H,3-17,24,29-32H2,1-2H3,(H,50,54)(H2,46,48,49)/t36-,37-,38+,44+,59?/m0/s1. The summed E-state index contributed by atoms with van der Waals surface area (Å²) in [5.41, 5.74) is 5.52. The SMILES string of the molecule is CCCCCCCCCCCCCCCCCCOC(=O)[C@H](Cc1ccccc1)NP(=O)(OC[C@@]1(C)O[C@@H](n2cnc3c(N)nc(F)nc32)C[C@@H]1O)Oc1ccccc1. The number of nitrogens with zero attached hydrogens (tertiary/aromatic N) is 4. The lowest BCUT2D eigenvalue weighted by Crippen LogP contribution is -2.43. The maximum atomic E-state index is 14.7. The molecule has 1 fully saturated rings. The Bertz CT molecular complexity index is 1890. The molecule has 13 nitrogen and oxygen atoms in total. The summed E-state index contributed by atoms with van der Waals surface area (Å²) in [5.74, 6) is -0.475. The van der Waals surface area contributed by atoms with Gasteiger partial charge in [-0.15, -0.1) is 0 Å². The fraction of sp³-hybridized carbons (Fsp3) is 0.591. The predicted octanol–water partition coefficient (Wildman–Crippen LogP) is 9.80. The Morgan fingerprint density at radius 2 is 1.51 bits per heavy atom. The van der Waals surface area contributed by atoms with Gasteiger partial charge in [0.2, 0.25) is 0 Å². The monoisotopic (exact) mass is 838 g/mol. The summed E-state index contributed by atoms with van der Waals surface area (Å²) in [4.78, 5) is 25.2. The Hall–Kier alpha value is -3.94. The van der Waals surface area contributed by atoms with E-state index in [2.05, 4.69) is 27.0 Å². The van der Waals surface area contributed by atoms with Crippen molar-refractivity contribution in [3.05, 3.63) is 78.6 Å². The average molecular weight is 839 g/mol. The van der Waals surface area contributed by atoms with Gasteiger partial charge in [0.15, 0.2) is 17.0 Å². The number of aromatic nitrogens is 4. The molecule has 1 aliphatic heterocycles. The van der Waals surface area contributed by atoms with Gasteiger partial charge in [0.05, 0.1) is 25.6 Å². The average Bonchev–Trinajstić information content (AvgIpc) is 3.78. The number of aliphatic hydroxyl groups is 1. The number of aliphatic hydroxyl groups excluding tert-OH is 1. The molecule has 0 bridgehead atoms. The number of ether oxygens (including phenoxy) is 2. The predicted molar refractivity (Wildman–Crippen MR) is 227 cm³/mol. The van der Waals surface area contributed by atoms with Crippen molar-refractivity contribution in [2.75, 3.05) is 18.9 Å². The van der Waals surface area contributed by atoms with Crippen LogP contribution in [-0.2, 0) is 29.8 Å². The number of halogens is 1. The minimum absolute atomic E-state index is 0.0520. The van der Waals surface area contributed by atoms with Crippen LogP contribution in [0.15, 0.2) is 67.0 Å². The van der Waals surface area contributed by atoms with Crippen LogP contribution < -0.4 is 15.3 Å². The zero-order chi connectivity index (χ0) is 41.9. The van der Waals surface area contributed by atoms with Crippen molar-refractivity contribution in [1.29, 1.82) is 0 Å². The summed E-state index contributed by atoms with van der Waals surface area (Å²) in [6, 6.07) is 16.7. The smallest absolute Gasteiger partial charge is 0.459 e. The highest BCUT2D eigenvalue weighted by atomic mass is 31.2. The van der Waals surface area contributed by atoms with Crippen LogP contribution >= 0.6 is 7.75 Å². The molecule has 1 saturated heterocycles. The second-order valence-corrected chi connectivity index (χ2v) is 17.5. The summed E-state index contributed by atoms with van der Waals surface area (Å²) in [6.45, 7) is 3.68. The fourth-order valence-corrected chi connectivity index (χ4v) is 8.95. The van der Waals surface area contributed by atoms with Crippen molar-refractivity contribution < 1.29 is 37.4 Å². The molecule has 1 unspecified atom stereocenters. The lowest BCUT2D eigenvalue weighted by Gasteiger charge is -2.31. The van der Waals surface area contributed by atoms with Crippen LogP contribution in [0.5, 0.6) is 5.75 Å². The number of hydrogen-bond donors (Lipinski definition) is 3. The van der Waals surface area contributed by atoms with E-state index in [1.807, 2.05) is 30.3 Å². The summed E-state index contributed by atoms with van der Waals surface area (Å²) < 4.78 is 54.3. The van der Waals surface area contributed by atoms with E-state index >= 15 is 0 Å². The first kappa shape index (κ1) is 46.1. The molecule has 4 aromatic rings. The van der Waals surface area contributed by atoms with Gasteiger partial charge >= 0.3 is 19.8 Å². The first-order valence-corrected chi connectivity index (χ1v) is 23.1. The number of anilines is 1. The van der Waals surface area contributed by atoms with Crippen LogP contribution in [-0.4, -0.2) is 61.6 Å². The number of nitrogen functional groups attached to an aromatic ring is 1. The van der Waals surface area contributed by atoms with E-state index in [1.165, 1.54) is 94.4 Å². The molecule has 0 spiro atoms. The number of fused-ring (bicyclic) bond motifs is 1. The van der Waals surface area contributed by atoms with Crippen LogP contribution in [0.25, 0.3) is 11.2 Å². The molecule has 0 amide bonds. The molecule has 5 atom stereocenters. The lowest BCUT2D eigenvalue weighted by atomic mass is 10.0.